The fourth-order valence-corrected chi connectivity index (χ4v) is 3.57. The number of ether oxygens (including phenoxy) is 4. The van der Waals surface area contributed by atoms with Crippen molar-refractivity contribution < 1.29 is 33.6 Å². The van der Waals surface area contributed by atoms with E-state index < -0.39 is 23.8 Å². The second-order valence-corrected chi connectivity index (χ2v) is 8.16. The number of nitrogens with zero attached hydrogens (tertiary/aromatic N) is 1. The van der Waals surface area contributed by atoms with Crippen LogP contribution in [-0.2, 0) is 25.4 Å². The number of carbonyl (C=O) groups excluding carboxylic acids is 2. The lowest BCUT2D eigenvalue weighted by Gasteiger charge is -2.26. The van der Waals surface area contributed by atoms with Gasteiger partial charge >= 0.3 is 5.97 Å². The van der Waals surface area contributed by atoms with Gasteiger partial charge in [-0.3, -0.25) is 9.59 Å². The minimum absolute atomic E-state index is 0.00227. The molecule has 8 heteroatoms. The van der Waals surface area contributed by atoms with Crippen molar-refractivity contribution in [3.8, 4) is 11.5 Å². The normalized spacial score (nSPS) is 13.6. The number of carbonyl (C=O) groups is 2. The Hall–Kier alpha value is -2.97. The Morgan fingerprint density at radius 1 is 1.09 bits per heavy atom. The zero-order valence-corrected chi connectivity index (χ0v) is 20.4. The molecule has 0 aliphatic rings. The van der Waals surface area contributed by atoms with Crippen molar-refractivity contribution in [2.24, 2.45) is 11.8 Å². The second kappa shape index (κ2) is 14.3. The second-order valence-electron chi connectivity index (χ2n) is 8.16. The number of rotatable bonds is 15. The summed E-state index contributed by atoms with van der Waals surface area (Å²) in [6.07, 6.45) is 2.29. The molecule has 0 aliphatic heterocycles. The topological polar surface area (TPSA) is 104 Å². The van der Waals surface area contributed by atoms with Crippen molar-refractivity contribution in [2.75, 3.05) is 34.0 Å². The van der Waals surface area contributed by atoms with Crippen LogP contribution in [0, 0.1) is 11.8 Å². The first-order valence-electron chi connectivity index (χ1n) is 11.5. The quantitative estimate of drug-likeness (QED) is 0.236. The van der Waals surface area contributed by atoms with Crippen LogP contribution >= 0.6 is 0 Å². The van der Waals surface area contributed by atoms with E-state index in [9.17, 15) is 14.7 Å². The summed E-state index contributed by atoms with van der Waals surface area (Å²) in [5.41, 5.74) is 0.968. The van der Waals surface area contributed by atoms with Gasteiger partial charge in [0.15, 0.2) is 23.0 Å². The first-order valence-corrected chi connectivity index (χ1v) is 11.5. The van der Waals surface area contributed by atoms with Gasteiger partial charge in [0.25, 0.3) is 0 Å². The summed E-state index contributed by atoms with van der Waals surface area (Å²) in [5.74, 6) is -2.17. The summed E-state index contributed by atoms with van der Waals surface area (Å²) < 4.78 is 21.8. The molecule has 186 valence electrons. The molecule has 1 aromatic carbocycles. The Balaban J connectivity index is 2.09. The molecule has 0 aliphatic carbocycles. The van der Waals surface area contributed by atoms with Crippen molar-refractivity contribution in [3.63, 3.8) is 0 Å². The molecule has 0 bridgehead atoms. The summed E-state index contributed by atoms with van der Waals surface area (Å²) in [6, 6.07) is 11.4. The Bertz CT molecular complexity index is 903. The van der Waals surface area contributed by atoms with E-state index in [0.29, 0.717) is 19.6 Å². The zero-order valence-electron chi connectivity index (χ0n) is 20.4. The minimum atomic E-state index is -0.846. The molecule has 0 radical (unpaired) electrons. The van der Waals surface area contributed by atoms with Crippen LogP contribution in [0.1, 0.15) is 42.7 Å². The van der Waals surface area contributed by atoms with E-state index >= 15 is 0 Å². The number of pyridine rings is 1. The van der Waals surface area contributed by atoms with Crippen molar-refractivity contribution in [3.05, 3.63) is 53.9 Å². The van der Waals surface area contributed by atoms with Gasteiger partial charge in [-0.25, -0.2) is 4.98 Å². The molecule has 2 rings (SSSR count). The van der Waals surface area contributed by atoms with E-state index in [1.54, 1.807) is 0 Å². The Labute approximate surface area is 201 Å². The Morgan fingerprint density at radius 3 is 2.47 bits per heavy atom. The van der Waals surface area contributed by atoms with E-state index in [-0.39, 0.29) is 36.1 Å². The number of hydrogen-bond acceptors (Lipinski definition) is 8. The number of Topliss-reactive ketones (excluding diaryl/α,β-unsaturated/α-hetero) is 1. The summed E-state index contributed by atoms with van der Waals surface area (Å²) in [6.45, 7) is 4.95. The number of aromatic nitrogens is 1. The largest absolute Gasteiger partial charge is 0.503 e. The molecule has 0 saturated carbocycles. The van der Waals surface area contributed by atoms with Gasteiger partial charge in [-0.05, 0) is 25.3 Å². The molecule has 1 heterocycles. The standard InChI is InChI=1S/C26H35NO7/c1-5-13-33-17-20(14-19-9-7-6-8-10-19)18(2)34-26(30)21(16-31-3)15-22(28)24-25(29)23(32-4)11-12-27-24/h6-12,18,20-21,29H,5,13-17H2,1-4H3/t18-,20+,21?/m0/s1. The molecular formula is C26H35NO7. The monoisotopic (exact) mass is 473 g/mol. The molecule has 0 amide bonds. The lowest BCUT2D eigenvalue weighted by atomic mass is 9.95. The van der Waals surface area contributed by atoms with Crippen LogP contribution in [0.5, 0.6) is 11.5 Å². The molecule has 0 saturated heterocycles. The van der Waals surface area contributed by atoms with E-state index in [1.807, 2.05) is 44.2 Å². The van der Waals surface area contributed by atoms with Gasteiger partial charge in [-0.1, -0.05) is 37.3 Å². The SMILES string of the molecule is CCCOC[C@@H](Cc1ccccc1)[C@H](C)OC(=O)C(COC)CC(=O)c1nccc(OC)c1O. The maximum absolute atomic E-state index is 13.0. The van der Waals surface area contributed by atoms with Gasteiger partial charge in [0.1, 0.15) is 6.10 Å². The van der Waals surface area contributed by atoms with Crippen molar-refractivity contribution in [1.29, 1.82) is 0 Å². The maximum atomic E-state index is 13.0. The number of benzene rings is 1. The van der Waals surface area contributed by atoms with Gasteiger partial charge in [0.2, 0.25) is 0 Å². The summed E-state index contributed by atoms with van der Waals surface area (Å²) in [7, 11) is 2.83. The van der Waals surface area contributed by atoms with E-state index in [4.69, 9.17) is 18.9 Å². The van der Waals surface area contributed by atoms with Crippen LogP contribution < -0.4 is 4.74 Å². The first-order chi connectivity index (χ1) is 16.4. The minimum Gasteiger partial charge on any atom is -0.503 e. The predicted octanol–water partition coefficient (Wildman–Crippen LogP) is 3.85. The molecule has 1 aromatic heterocycles. The summed E-state index contributed by atoms with van der Waals surface area (Å²) in [4.78, 5) is 29.7. The summed E-state index contributed by atoms with van der Waals surface area (Å²) in [5, 5.41) is 10.2. The van der Waals surface area contributed by atoms with E-state index in [1.165, 1.54) is 26.5 Å². The average molecular weight is 474 g/mol. The highest BCUT2D eigenvalue weighted by Crippen LogP contribution is 2.29. The lowest BCUT2D eigenvalue weighted by molar-refractivity contribution is -0.158. The predicted molar refractivity (Wildman–Crippen MR) is 127 cm³/mol. The number of hydrogen-bond donors (Lipinski definition) is 1. The van der Waals surface area contributed by atoms with Crippen molar-refractivity contribution in [2.45, 2.75) is 39.2 Å². The van der Waals surface area contributed by atoms with E-state index in [2.05, 4.69) is 4.98 Å². The molecule has 3 atom stereocenters. The fourth-order valence-electron chi connectivity index (χ4n) is 3.57. The Kier molecular flexibility index (Phi) is 11.5. The highest BCUT2D eigenvalue weighted by Gasteiger charge is 2.30. The van der Waals surface area contributed by atoms with Gasteiger partial charge in [-0.2, -0.15) is 0 Å². The number of methoxy groups -OCH3 is 2. The fraction of sp³-hybridized carbons (Fsp3) is 0.500. The van der Waals surface area contributed by atoms with Gasteiger partial charge < -0.3 is 24.1 Å². The van der Waals surface area contributed by atoms with Crippen LogP contribution in [0.3, 0.4) is 0 Å². The van der Waals surface area contributed by atoms with Crippen LogP contribution in [-0.4, -0.2) is 62.0 Å². The number of esters is 1. The molecule has 2 aromatic rings. The molecule has 1 unspecified atom stereocenters. The molecule has 8 nitrogen and oxygen atoms in total. The third kappa shape index (κ3) is 8.11. The Morgan fingerprint density at radius 2 is 1.82 bits per heavy atom. The lowest BCUT2D eigenvalue weighted by Crippen LogP contribution is -2.34. The first kappa shape index (κ1) is 27.3. The molecule has 0 spiro atoms. The number of ketones is 1. The van der Waals surface area contributed by atoms with Crippen LogP contribution in [0.25, 0.3) is 0 Å². The van der Waals surface area contributed by atoms with Crippen LogP contribution in [0.4, 0.5) is 0 Å². The zero-order chi connectivity index (χ0) is 24.9. The average Bonchev–Trinajstić information content (AvgIpc) is 2.83. The van der Waals surface area contributed by atoms with Gasteiger partial charge in [0.05, 0.1) is 26.2 Å². The maximum Gasteiger partial charge on any atom is 0.312 e. The smallest absolute Gasteiger partial charge is 0.312 e. The van der Waals surface area contributed by atoms with E-state index in [0.717, 1.165) is 12.0 Å². The number of aromatic hydroxyl groups is 1. The van der Waals surface area contributed by atoms with Crippen LogP contribution in [0.15, 0.2) is 42.6 Å². The third-order valence-corrected chi connectivity index (χ3v) is 5.49. The summed E-state index contributed by atoms with van der Waals surface area (Å²) >= 11 is 0. The van der Waals surface area contributed by atoms with Crippen molar-refractivity contribution >= 4 is 11.8 Å². The highest BCUT2D eigenvalue weighted by atomic mass is 16.5. The molecule has 0 fully saturated rings. The molecular weight excluding hydrogens is 438 g/mol. The van der Waals surface area contributed by atoms with Gasteiger partial charge in [-0.15, -0.1) is 0 Å². The molecule has 34 heavy (non-hydrogen) atoms. The molecule has 1 N–H and O–H groups in total. The van der Waals surface area contributed by atoms with Crippen LogP contribution in [0.2, 0.25) is 0 Å². The van der Waals surface area contributed by atoms with Gasteiger partial charge in [0, 0.05) is 38.3 Å². The highest BCUT2D eigenvalue weighted by molar-refractivity contribution is 5.99. The third-order valence-electron chi connectivity index (χ3n) is 5.49. The van der Waals surface area contributed by atoms with Crippen molar-refractivity contribution in [1.82, 2.24) is 4.98 Å².